The van der Waals surface area contributed by atoms with Crippen LogP contribution in [0.1, 0.15) is 58.1 Å². The van der Waals surface area contributed by atoms with Gasteiger partial charge in [-0.05, 0) is 42.4 Å². The molecule has 0 aromatic heterocycles. The number of hydrogen-bond acceptors (Lipinski definition) is 2. The Hall–Kier alpha value is -1.02. The molecule has 0 saturated heterocycles. The molecule has 0 aliphatic heterocycles. The van der Waals surface area contributed by atoms with E-state index in [1.54, 1.807) is 7.11 Å². The van der Waals surface area contributed by atoms with Gasteiger partial charge in [0.2, 0.25) is 0 Å². The summed E-state index contributed by atoms with van der Waals surface area (Å²) in [7, 11) is 1.72. The molecule has 0 heterocycles. The number of ether oxygens (including phenoxy) is 1. The Morgan fingerprint density at radius 2 is 1.90 bits per heavy atom. The van der Waals surface area contributed by atoms with Gasteiger partial charge in [-0.15, -0.1) is 0 Å². The van der Waals surface area contributed by atoms with Crippen LogP contribution < -0.4 is 10.1 Å². The molecule has 0 bridgehead atoms. The lowest BCUT2D eigenvalue weighted by atomic mass is 9.77. The fraction of sp³-hybridized carbons (Fsp3) is 0.667. The second-order valence-electron chi connectivity index (χ2n) is 6.27. The van der Waals surface area contributed by atoms with E-state index in [2.05, 4.69) is 50.4 Å². The van der Waals surface area contributed by atoms with Gasteiger partial charge in [-0.2, -0.15) is 0 Å². The summed E-state index contributed by atoms with van der Waals surface area (Å²) in [6, 6.07) is 9.62. The van der Waals surface area contributed by atoms with E-state index in [0.29, 0.717) is 12.1 Å². The Morgan fingerprint density at radius 1 is 1.20 bits per heavy atom. The van der Waals surface area contributed by atoms with Crippen molar-refractivity contribution in [1.29, 1.82) is 0 Å². The molecule has 2 heteroatoms. The third-order valence-corrected chi connectivity index (χ3v) is 5.05. The molecule has 1 aromatic carbocycles. The molecule has 1 aliphatic carbocycles. The molecule has 20 heavy (non-hydrogen) atoms. The highest BCUT2D eigenvalue weighted by Gasteiger charge is 2.28. The monoisotopic (exact) mass is 275 g/mol. The highest BCUT2D eigenvalue weighted by atomic mass is 16.5. The zero-order valence-corrected chi connectivity index (χ0v) is 13.4. The summed E-state index contributed by atoms with van der Waals surface area (Å²) in [5, 5.41) is 3.90. The maximum atomic E-state index is 5.24. The summed E-state index contributed by atoms with van der Waals surface area (Å²) in [6.45, 7) is 7.06. The minimum absolute atomic E-state index is 0.457. The lowest BCUT2D eigenvalue weighted by Crippen LogP contribution is -2.42. The van der Waals surface area contributed by atoms with Gasteiger partial charge in [0.15, 0.2) is 0 Å². The number of methoxy groups -OCH3 is 1. The lowest BCUT2D eigenvalue weighted by Gasteiger charge is -2.37. The van der Waals surface area contributed by atoms with E-state index in [1.807, 2.05) is 0 Å². The van der Waals surface area contributed by atoms with Gasteiger partial charge in [0.1, 0.15) is 5.75 Å². The van der Waals surface area contributed by atoms with E-state index >= 15 is 0 Å². The molecule has 1 aromatic rings. The Labute approximate surface area is 123 Å². The smallest absolute Gasteiger partial charge is 0.118 e. The number of hydrogen-bond donors (Lipinski definition) is 1. The van der Waals surface area contributed by atoms with Crippen molar-refractivity contribution in [3.05, 3.63) is 29.8 Å². The van der Waals surface area contributed by atoms with Crippen molar-refractivity contribution in [3.63, 3.8) is 0 Å². The zero-order chi connectivity index (χ0) is 14.5. The Morgan fingerprint density at radius 3 is 2.50 bits per heavy atom. The van der Waals surface area contributed by atoms with Gasteiger partial charge in [0.05, 0.1) is 7.11 Å². The quantitative estimate of drug-likeness (QED) is 0.850. The molecule has 2 rings (SSSR count). The van der Waals surface area contributed by atoms with E-state index < -0.39 is 0 Å². The molecular formula is C18H29NO. The topological polar surface area (TPSA) is 21.3 Å². The van der Waals surface area contributed by atoms with Crippen LogP contribution in [0.5, 0.6) is 5.75 Å². The molecule has 4 unspecified atom stereocenters. The van der Waals surface area contributed by atoms with Crippen molar-refractivity contribution in [1.82, 2.24) is 5.32 Å². The molecular weight excluding hydrogens is 246 g/mol. The van der Waals surface area contributed by atoms with Gasteiger partial charge in [-0.25, -0.2) is 0 Å². The highest BCUT2D eigenvalue weighted by molar-refractivity contribution is 5.29. The predicted octanol–water partition coefficient (Wildman–Crippen LogP) is 4.56. The van der Waals surface area contributed by atoms with Crippen LogP contribution in [0.15, 0.2) is 24.3 Å². The van der Waals surface area contributed by atoms with Crippen LogP contribution in [0.25, 0.3) is 0 Å². The van der Waals surface area contributed by atoms with Crippen LogP contribution in [-0.2, 0) is 0 Å². The summed E-state index contributed by atoms with van der Waals surface area (Å²) in [5.74, 6) is 2.55. The minimum atomic E-state index is 0.457. The maximum absolute atomic E-state index is 5.24. The van der Waals surface area contributed by atoms with E-state index in [1.165, 1.54) is 24.8 Å². The van der Waals surface area contributed by atoms with E-state index in [0.717, 1.165) is 24.0 Å². The van der Waals surface area contributed by atoms with Gasteiger partial charge < -0.3 is 10.1 Å². The van der Waals surface area contributed by atoms with Gasteiger partial charge in [-0.3, -0.25) is 0 Å². The van der Waals surface area contributed by atoms with Crippen LogP contribution in [0.4, 0.5) is 0 Å². The summed E-state index contributed by atoms with van der Waals surface area (Å²) >= 11 is 0. The van der Waals surface area contributed by atoms with Crippen LogP contribution in [0.2, 0.25) is 0 Å². The standard InChI is InChI=1S/C18H29NO/c1-5-17(15-9-11-16(20-4)12-10-15)19-18-8-6-7-13(2)14(18)3/h9-14,17-19H,5-8H2,1-4H3. The molecule has 1 fully saturated rings. The predicted molar refractivity (Wildman–Crippen MR) is 85.1 cm³/mol. The van der Waals surface area contributed by atoms with Crippen molar-refractivity contribution >= 4 is 0 Å². The average Bonchev–Trinajstić information content (AvgIpc) is 2.49. The first kappa shape index (κ1) is 15.4. The van der Waals surface area contributed by atoms with E-state index in [9.17, 15) is 0 Å². The number of benzene rings is 1. The lowest BCUT2D eigenvalue weighted by molar-refractivity contribution is 0.192. The van der Waals surface area contributed by atoms with Crippen molar-refractivity contribution in [2.45, 2.75) is 58.5 Å². The Balaban J connectivity index is 2.03. The van der Waals surface area contributed by atoms with Gasteiger partial charge in [0.25, 0.3) is 0 Å². The Bertz CT molecular complexity index is 400. The summed E-state index contributed by atoms with van der Waals surface area (Å²) < 4.78 is 5.24. The Kier molecular flexibility index (Phi) is 5.47. The summed E-state index contributed by atoms with van der Waals surface area (Å²) in [4.78, 5) is 0. The molecule has 0 amide bonds. The first-order valence-corrected chi connectivity index (χ1v) is 8.05. The molecule has 0 radical (unpaired) electrons. The third kappa shape index (κ3) is 3.54. The largest absolute Gasteiger partial charge is 0.497 e. The molecule has 0 spiro atoms. The van der Waals surface area contributed by atoms with Crippen molar-refractivity contribution in [2.75, 3.05) is 7.11 Å². The normalized spacial score (nSPS) is 28.1. The van der Waals surface area contributed by atoms with Crippen molar-refractivity contribution in [3.8, 4) is 5.75 Å². The highest BCUT2D eigenvalue weighted by Crippen LogP contribution is 2.31. The van der Waals surface area contributed by atoms with Gasteiger partial charge in [0, 0.05) is 12.1 Å². The van der Waals surface area contributed by atoms with Crippen molar-refractivity contribution < 1.29 is 4.74 Å². The number of nitrogens with one attached hydrogen (secondary N) is 1. The van der Waals surface area contributed by atoms with Crippen LogP contribution in [0.3, 0.4) is 0 Å². The van der Waals surface area contributed by atoms with Crippen molar-refractivity contribution in [2.24, 2.45) is 11.8 Å². The van der Waals surface area contributed by atoms with Gasteiger partial charge >= 0.3 is 0 Å². The molecule has 2 nitrogen and oxygen atoms in total. The van der Waals surface area contributed by atoms with Gasteiger partial charge in [-0.1, -0.05) is 45.7 Å². The second-order valence-corrected chi connectivity index (χ2v) is 6.27. The molecule has 112 valence electrons. The third-order valence-electron chi connectivity index (χ3n) is 5.05. The average molecular weight is 275 g/mol. The fourth-order valence-electron chi connectivity index (χ4n) is 3.36. The molecule has 1 saturated carbocycles. The molecule has 4 atom stereocenters. The van der Waals surface area contributed by atoms with Crippen LogP contribution >= 0.6 is 0 Å². The zero-order valence-electron chi connectivity index (χ0n) is 13.4. The fourth-order valence-corrected chi connectivity index (χ4v) is 3.36. The first-order valence-electron chi connectivity index (χ1n) is 8.05. The number of rotatable bonds is 5. The summed E-state index contributed by atoms with van der Waals surface area (Å²) in [6.07, 6.45) is 5.20. The first-order chi connectivity index (χ1) is 9.65. The van der Waals surface area contributed by atoms with Crippen LogP contribution in [0, 0.1) is 11.8 Å². The maximum Gasteiger partial charge on any atom is 0.118 e. The van der Waals surface area contributed by atoms with E-state index in [-0.39, 0.29) is 0 Å². The SMILES string of the molecule is CCC(NC1CCCC(C)C1C)c1ccc(OC)cc1. The second kappa shape index (κ2) is 7.12. The minimum Gasteiger partial charge on any atom is -0.497 e. The molecule has 1 N–H and O–H groups in total. The summed E-state index contributed by atoms with van der Waals surface area (Å²) in [5.41, 5.74) is 1.37. The van der Waals surface area contributed by atoms with Crippen LogP contribution in [-0.4, -0.2) is 13.2 Å². The molecule has 1 aliphatic rings. The van der Waals surface area contributed by atoms with E-state index in [4.69, 9.17) is 4.74 Å².